The van der Waals surface area contributed by atoms with Crippen molar-refractivity contribution >= 4 is 29.6 Å². The normalized spacial score (nSPS) is 24.2. The molecule has 180 valence electrons. The summed E-state index contributed by atoms with van der Waals surface area (Å²) >= 11 is 0. The van der Waals surface area contributed by atoms with Crippen LogP contribution in [0.15, 0.2) is 24.3 Å². The van der Waals surface area contributed by atoms with Crippen LogP contribution in [0.2, 0.25) is 0 Å². The van der Waals surface area contributed by atoms with Gasteiger partial charge in [-0.2, -0.15) is 0 Å². The number of nitro groups is 1. The molecule has 0 N–H and O–H groups in total. The van der Waals surface area contributed by atoms with Crippen molar-refractivity contribution in [3.63, 3.8) is 0 Å². The lowest BCUT2D eigenvalue weighted by Gasteiger charge is -2.43. The number of non-ortho nitro benzene ring substituents is 1. The van der Waals surface area contributed by atoms with Crippen molar-refractivity contribution in [2.24, 2.45) is 0 Å². The lowest BCUT2D eigenvalue weighted by Crippen LogP contribution is -2.63. The van der Waals surface area contributed by atoms with Gasteiger partial charge in [-0.3, -0.25) is 29.3 Å². The van der Waals surface area contributed by atoms with Gasteiger partial charge in [-0.05, 0) is 12.1 Å². The second-order valence-electron chi connectivity index (χ2n) is 6.94. The lowest BCUT2D eigenvalue weighted by atomic mass is 9.98. The molecule has 0 saturated carbocycles. The molecule has 1 aromatic carbocycles. The van der Waals surface area contributed by atoms with Crippen molar-refractivity contribution in [1.82, 2.24) is 0 Å². The standard InChI is InChI=1S/C20H23NO12/c1-10(22)28-9-16-17(29-11(2)23)18(30-12(3)24)19(31-13(4)25)20(33-16)32-15-7-5-14(6-8-15)21(26)27/h5-8,16-20H,9H2,1-4H3/t16-,17-,18+,19?,20?/m1/s1. The summed E-state index contributed by atoms with van der Waals surface area (Å²) in [5, 5.41) is 10.9. The molecule has 0 radical (unpaired) electrons. The van der Waals surface area contributed by atoms with Gasteiger partial charge in [0.15, 0.2) is 12.2 Å². The largest absolute Gasteiger partial charge is 0.463 e. The van der Waals surface area contributed by atoms with Gasteiger partial charge in [-0.15, -0.1) is 0 Å². The van der Waals surface area contributed by atoms with E-state index < -0.39 is 66.1 Å². The molecule has 0 amide bonds. The van der Waals surface area contributed by atoms with Crippen LogP contribution in [0.25, 0.3) is 0 Å². The topological polar surface area (TPSA) is 167 Å². The fourth-order valence-corrected chi connectivity index (χ4v) is 3.06. The molecule has 1 aliphatic heterocycles. The Morgan fingerprint density at radius 3 is 1.85 bits per heavy atom. The SMILES string of the molecule is CC(=O)OC[C@H]1OC(Oc2ccc([N+](=O)[O-])cc2)C(OC(C)=O)[C@@H](OC(C)=O)[C@@H]1OC(C)=O. The first-order chi connectivity index (χ1) is 15.5. The van der Waals surface area contributed by atoms with E-state index in [0.717, 1.165) is 27.7 Å². The number of rotatable bonds is 8. The zero-order chi connectivity index (χ0) is 24.7. The maximum atomic E-state index is 11.8. The van der Waals surface area contributed by atoms with Crippen LogP contribution in [-0.2, 0) is 42.9 Å². The first-order valence-corrected chi connectivity index (χ1v) is 9.69. The van der Waals surface area contributed by atoms with Crippen LogP contribution in [0.5, 0.6) is 5.75 Å². The molecule has 33 heavy (non-hydrogen) atoms. The minimum absolute atomic E-state index is 0.0986. The van der Waals surface area contributed by atoms with E-state index in [-0.39, 0.29) is 11.4 Å². The Morgan fingerprint density at radius 2 is 1.36 bits per heavy atom. The summed E-state index contributed by atoms with van der Waals surface area (Å²) in [6.45, 7) is 4.05. The molecule has 1 fully saturated rings. The van der Waals surface area contributed by atoms with Crippen LogP contribution < -0.4 is 4.74 Å². The predicted octanol–water partition coefficient (Wildman–Crippen LogP) is 1.06. The summed E-state index contributed by atoms with van der Waals surface area (Å²) in [6, 6.07) is 4.93. The van der Waals surface area contributed by atoms with Crippen LogP contribution in [0.4, 0.5) is 5.69 Å². The van der Waals surface area contributed by atoms with Gasteiger partial charge in [0, 0.05) is 39.8 Å². The molecule has 0 aromatic heterocycles. The van der Waals surface area contributed by atoms with Gasteiger partial charge in [-0.1, -0.05) is 0 Å². The number of carbonyl (C=O) groups is 4. The zero-order valence-corrected chi connectivity index (χ0v) is 18.2. The van der Waals surface area contributed by atoms with E-state index in [2.05, 4.69) is 0 Å². The van der Waals surface area contributed by atoms with Gasteiger partial charge in [-0.25, -0.2) is 0 Å². The highest BCUT2D eigenvalue weighted by atomic mass is 16.7. The molecule has 1 aliphatic rings. The van der Waals surface area contributed by atoms with Gasteiger partial charge < -0.3 is 28.4 Å². The maximum absolute atomic E-state index is 11.8. The second-order valence-corrected chi connectivity index (χ2v) is 6.94. The van der Waals surface area contributed by atoms with Gasteiger partial charge in [0.2, 0.25) is 12.4 Å². The summed E-state index contributed by atoms with van der Waals surface area (Å²) < 4.78 is 32.3. The molecule has 0 aliphatic carbocycles. The molecule has 0 bridgehead atoms. The summed E-state index contributed by atoms with van der Waals surface area (Å²) in [5.74, 6) is -2.87. The maximum Gasteiger partial charge on any atom is 0.303 e. The number of ether oxygens (including phenoxy) is 6. The number of nitro benzene ring substituents is 1. The zero-order valence-electron chi connectivity index (χ0n) is 18.2. The predicted molar refractivity (Wildman–Crippen MR) is 106 cm³/mol. The Kier molecular flexibility index (Phi) is 8.68. The Morgan fingerprint density at radius 1 is 0.848 bits per heavy atom. The first kappa shape index (κ1) is 25.5. The third-order valence-electron chi connectivity index (χ3n) is 4.25. The molecule has 1 aromatic rings. The van der Waals surface area contributed by atoms with E-state index in [1.807, 2.05) is 0 Å². The van der Waals surface area contributed by atoms with Crippen LogP contribution in [-0.4, -0.2) is 66.1 Å². The molecule has 1 saturated heterocycles. The third kappa shape index (κ3) is 7.42. The van der Waals surface area contributed by atoms with Crippen molar-refractivity contribution in [1.29, 1.82) is 0 Å². The molecular weight excluding hydrogens is 446 g/mol. The Labute approximate surface area is 188 Å². The average Bonchev–Trinajstić information content (AvgIpc) is 2.70. The van der Waals surface area contributed by atoms with Crippen molar-refractivity contribution in [2.75, 3.05) is 6.61 Å². The molecule has 13 nitrogen and oxygen atoms in total. The Hall–Kier alpha value is -3.74. The number of hydrogen-bond acceptors (Lipinski definition) is 12. The molecule has 13 heteroatoms. The minimum Gasteiger partial charge on any atom is -0.463 e. The number of hydrogen-bond donors (Lipinski definition) is 0. The summed E-state index contributed by atoms with van der Waals surface area (Å²) in [4.78, 5) is 56.8. The fraction of sp³-hybridized carbons (Fsp3) is 0.500. The first-order valence-electron chi connectivity index (χ1n) is 9.69. The minimum atomic E-state index is -1.42. The van der Waals surface area contributed by atoms with Crippen LogP contribution in [0.3, 0.4) is 0 Å². The van der Waals surface area contributed by atoms with E-state index in [0.29, 0.717) is 0 Å². The molecule has 5 atom stereocenters. The number of carbonyl (C=O) groups excluding carboxylic acids is 4. The van der Waals surface area contributed by atoms with E-state index in [1.54, 1.807) is 0 Å². The molecule has 2 unspecified atom stereocenters. The van der Waals surface area contributed by atoms with Crippen molar-refractivity contribution in [3.05, 3.63) is 34.4 Å². The van der Waals surface area contributed by atoms with Gasteiger partial charge in [0.1, 0.15) is 18.5 Å². The van der Waals surface area contributed by atoms with Gasteiger partial charge >= 0.3 is 23.9 Å². The average molecular weight is 469 g/mol. The summed E-state index contributed by atoms with van der Waals surface area (Å²) in [6.07, 6.45) is -6.69. The monoisotopic (exact) mass is 469 g/mol. The molecule has 1 heterocycles. The number of nitrogens with zero attached hydrogens (tertiary/aromatic N) is 1. The quantitative estimate of drug-likeness (QED) is 0.230. The van der Waals surface area contributed by atoms with Crippen molar-refractivity contribution in [2.45, 2.75) is 58.4 Å². The van der Waals surface area contributed by atoms with E-state index >= 15 is 0 Å². The highest BCUT2D eigenvalue weighted by molar-refractivity contribution is 5.68. The number of esters is 4. The third-order valence-corrected chi connectivity index (χ3v) is 4.25. The highest BCUT2D eigenvalue weighted by Crippen LogP contribution is 2.31. The van der Waals surface area contributed by atoms with Crippen LogP contribution in [0, 0.1) is 10.1 Å². The summed E-state index contributed by atoms with van der Waals surface area (Å²) in [5.41, 5.74) is -0.191. The molecule has 2 rings (SSSR count). The molecular formula is C20H23NO12. The van der Waals surface area contributed by atoms with E-state index in [4.69, 9.17) is 28.4 Å². The number of benzene rings is 1. The van der Waals surface area contributed by atoms with Crippen molar-refractivity contribution < 1.29 is 52.5 Å². The Balaban J connectivity index is 2.43. The lowest BCUT2D eigenvalue weighted by molar-refractivity contribution is -0.384. The Bertz CT molecular complexity index is 899. The summed E-state index contributed by atoms with van der Waals surface area (Å²) in [7, 11) is 0. The van der Waals surface area contributed by atoms with E-state index in [9.17, 15) is 29.3 Å². The van der Waals surface area contributed by atoms with Gasteiger partial charge in [0.05, 0.1) is 4.92 Å². The van der Waals surface area contributed by atoms with Crippen LogP contribution in [0.1, 0.15) is 27.7 Å². The van der Waals surface area contributed by atoms with Crippen LogP contribution >= 0.6 is 0 Å². The second kappa shape index (κ2) is 11.2. The smallest absolute Gasteiger partial charge is 0.303 e. The fourth-order valence-electron chi connectivity index (χ4n) is 3.06. The molecule has 0 spiro atoms. The highest BCUT2D eigenvalue weighted by Gasteiger charge is 2.53. The van der Waals surface area contributed by atoms with E-state index in [1.165, 1.54) is 24.3 Å². The van der Waals surface area contributed by atoms with Crippen molar-refractivity contribution in [3.8, 4) is 5.75 Å². The van der Waals surface area contributed by atoms with Gasteiger partial charge in [0.25, 0.3) is 5.69 Å².